The van der Waals surface area contributed by atoms with Crippen molar-refractivity contribution in [2.24, 2.45) is 0 Å². The topological polar surface area (TPSA) is 136 Å². The quantitative estimate of drug-likeness (QED) is 0.113. The van der Waals surface area contributed by atoms with Crippen LogP contribution >= 0.6 is 0 Å². The van der Waals surface area contributed by atoms with Crippen LogP contribution in [-0.4, -0.2) is 89.6 Å². The van der Waals surface area contributed by atoms with Crippen LogP contribution in [0.25, 0.3) is 0 Å². The van der Waals surface area contributed by atoms with Crippen molar-refractivity contribution < 1.29 is 48.8 Å². The normalized spacial score (nSPS) is 21.0. The van der Waals surface area contributed by atoms with Crippen molar-refractivity contribution in [3.8, 4) is 0 Å². The van der Waals surface area contributed by atoms with Crippen LogP contribution in [0.3, 0.4) is 0 Å². The van der Waals surface area contributed by atoms with Crippen LogP contribution in [0.15, 0.2) is 60.7 Å². The minimum Gasteiger partial charge on any atom is -0.396 e. The highest BCUT2D eigenvalue weighted by molar-refractivity contribution is 5.14. The number of benzene rings is 2. The molecule has 0 amide bonds. The van der Waals surface area contributed by atoms with Crippen molar-refractivity contribution in [3.63, 3.8) is 0 Å². The summed E-state index contributed by atoms with van der Waals surface area (Å²) >= 11 is 0. The van der Waals surface area contributed by atoms with Gasteiger partial charge in [-0.3, -0.25) is 0 Å². The first-order valence-corrected chi connectivity index (χ1v) is 15.7. The van der Waals surface area contributed by atoms with Gasteiger partial charge >= 0.3 is 0 Å². The largest absolute Gasteiger partial charge is 0.396 e. The van der Waals surface area contributed by atoms with Crippen molar-refractivity contribution in [1.29, 1.82) is 0 Å². The molecule has 0 aromatic heterocycles. The molecule has 0 radical (unpaired) electrons. The number of rotatable bonds is 22. The highest BCUT2D eigenvalue weighted by Gasteiger charge is 2.37. The molecule has 0 bridgehead atoms. The van der Waals surface area contributed by atoms with E-state index in [-0.39, 0.29) is 58.0 Å². The van der Waals surface area contributed by atoms with Crippen LogP contribution in [0.4, 0.5) is 0 Å². The first-order chi connectivity index (χ1) is 21.3. The van der Waals surface area contributed by atoms with Gasteiger partial charge in [-0.25, -0.2) is 0 Å². The Hall–Kier alpha value is -1.96. The van der Waals surface area contributed by atoms with Crippen LogP contribution in [-0.2, 0) is 41.6 Å². The summed E-state index contributed by atoms with van der Waals surface area (Å²) in [4.78, 5) is 0. The highest BCUT2D eigenvalue weighted by atomic mass is 16.7. The molecule has 1 aliphatic rings. The summed E-state index contributed by atoms with van der Waals surface area (Å²) in [5, 5.41) is 40.6. The van der Waals surface area contributed by atoms with E-state index in [1.54, 1.807) is 0 Å². The maximum atomic E-state index is 10.8. The molecule has 0 spiro atoms. The standard InChI is InChI=1S/C34H52O10/c1-34(2)43-32(21-33(44-34)20-31(14-16-36)42-25-40-23-27-11-7-4-8-12-27)19-29(38)17-28(37)18-30(13-15-35)41-24-39-22-26-9-5-3-6-10-26/h3-12,28-33,35-38H,13-25H2,1-2H3/t28-,29-,30-,31-,32-,33+/m1/s1. The molecule has 10 nitrogen and oxygen atoms in total. The molecule has 1 aliphatic heterocycles. The van der Waals surface area contributed by atoms with Gasteiger partial charge in [0.1, 0.15) is 13.6 Å². The summed E-state index contributed by atoms with van der Waals surface area (Å²) in [7, 11) is 0. The molecular weight excluding hydrogens is 568 g/mol. The predicted octanol–water partition coefficient (Wildman–Crippen LogP) is 4.06. The number of aliphatic hydroxyl groups is 4. The zero-order chi connectivity index (χ0) is 31.6. The molecule has 2 aromatic carbocycles. The summed E-state index contributed by atoms with van der Waals surface area (Å²) in [5.41, 5.74) is 2.09. The average molecular weight is 621 g/mol. The Balaban J connectivity index is 1.40. The minimum atomic E-state index is -0.862. The Morgan fingerprint density at radius 1 is 0.705 bits per heavy atom. The molecule has 248 valence electrons. The second-order valence-electron chi connectivity index (χ2n) is 11.9. The van der Waals surface area contributed by atoms with Gasteiger partial charge < -0.3 is 48.8 Å². The van der Waals surface area contributed by atoms with Gasteiger partial charge in [0.2, 0.25) is 0 Å². The molecule has 4 N–H and O–H groups in total. The Morgan fingerprint density at radius 3 is 1.75 bits per heavy atom. The summed E-state index contributed by atoms with van der Waals surface area (Å²) in [6, 6.07) is 19.6. The lowest BCUT2D eigenvalue weighted by molar-refractivity contribution is -0.307. The van der Waals surface area contributed by atoms with E-state index in [4.69, 9.17) is 28.4 Å². The molecule has 0 aliphatic carbocycles. The van der Waals surface area contributed by atoms with E-state index in [0.29, 0.717) is 45.3 Å². The van der Waals surface area contributed by atoms with E-state index in [2.05, 4.69) is 0 Å². The van der Waals surface area contributed by atoms with Crippen LogP contribution in [0.2, 0.25) is 0 Å². The van der Waals surface area contributed by atoms with Crippen molar-refractivity contribution in [2.45, 2.75) is 114 Å². The molecule has 44 heavy (non-hydrogen) atoms. The lowest BCUT2D eigenvalue weighted by Gasteiger charge is -2.42. The van der Waals surface area contributed by atoms with E-state index >= 15 is 0 Å². The lowest BCUT2D eigenvalue weighted by atomic mass is 9.95. The van der Waals surface area contributed by atoms with Crippen molar-refractivity contribution in [2.75, 3.05) is 26.8 Å². The van der Waals surface area contributed by atoms with Crippen molar-refractivity contribution in [1.82, 2.24) is 0 Å². The molecule has 1 saturated heterocycles. The van der Waals surface area contributed by atoms with Crippen LogP contribution in [0.5, 0.6) is 0 Å². The maximum absolute atomic E-state index is 10.8. The Kier molecular flexibility index (Phi) is 16.8. The Labute approximate surface area is 261 Å². The van der Waals surface area contributed by atoms with Crippen LogP contribution in [0, 0.1) is 0 Å². The molecule has 10 heteroatoms. The molecule has 1 fully saturated rings. The second-order valence-corrected chi connectivity index (χ2v) is 11.9. The van der Waals surface area contributed by atoms with Gasteiger partial charge in [-0.2, -0.15) is 0 Å². The third-order valence-corrected chi connectivity index (χ3v) is 7.47. The van der Waals surface area contributed by atoms with Crippen LogP contribution in [0.1, 0.15) is 69.9 Å². The zero-order valence-electron chi connectivity index (χ0n) is 26.2. The predicted molar refractivity (Wildman–Crippen MR) is 164 cm³/mol. The average Bonchev–Trinajstić information content (AvgIpc) is 2.97. The van der Waals surface area contributed by atoms with Gasteiger partial charge in [0.25, 0.3) is 0 Å². The first-order valence-electron chi connectivity index (χ1n) is 15.7. The smallest absolute Gasteiger partial charge is 0.163 e. The summed E-state index contributed by atoms with van der Waals surface area (Å²) < 4.78 is 35.2. The Morgan fingerprint density at radius 2 is 1.20 bits per heavy atom. The summed E-state index contributed by atoms with van der Waals surface area (Å²) in [6.45, 7) is 4.58. The highest BCUT2D eigenvalue weighted by Crippen LogP contribution is 2.32. The third kappa shape index (κ3) is 14.9. The monoisotopic (exact) mass is 620 g/mol. The molecule has 3 rings (SSSR count). The van der Waals surface area contributed by atoms with Gasteiger partial charge in [-0.15, -0.1) is 0 Å². The minimum absolute atomic E-state index is 0.0177. The van der Waals surface area contributed by atoms with Gasteiger partial charge in [0, 0.05) is 26.1 Å². The fraction of sp³-hybridized carbons (Fsp3) is 0.647. The number of ether oxygens (including phenoxy) is 6. The lowest BCUT2D eigenvalue weighted by Crippen LogP contribution is -2.47. The van der Waals surface area contributed by atoms with Gasteiger partial charge in [0.05, 0.1) is 49.8 Å². The first kappa shape index (κ1) is 36.5. The summed E-state index contributed by atoms with van der Waals surface area (Å²) in [6.07, 6.45) is -0.137. The molecule has 6 atom stereocenters. The number of hydrogen-bond donors (Lipinski definition) is 4. The molecule has 1 heterocycles. The molecule has 2 aromatic rings. The molecule has 0 unspecified atom stereocenters. The Bertz CT molecular complexity index is 992. The third-order valence-electron chi connectivity index (χ3n) is 7.47. The second kappa shape index (κ2) is 20.2. The fourth-order valence-electron chi connectivity index (χ4n) is 5.50. The van der Waals surface area contributed by atoms with Crippen LogP contribution < -0.4 is 0 Å². The van der Waals surface area contributed by atoms with Gasteiger partial charge in [-0.05, 0) is 57.1 Å². The zero-order valence-corrected chi connectivity index (χ0v) is 26.2. The van der Waals surface area contributed by atoms with Crippen molar-refractivity contribution >= 4 is 0 Å². The summed E-state index contributed by atoms with van der Waals surface area (Å²) in [5.74, 6) is -0.862. The van der Waals surface area contributed by atoms with E-state index in [1.165, 1.54) is 0 Å². The number of hydrogen-bond acceptors (Lipinski definition) is 10. The van der Waals surface area contributed by atoms with E-state index in [0.717, 1.165) is 11.1 Å². The molecule has 0 saturated carbocycles. The van der Waals surface area contributed by atoms with E-state index in [9.17, 15) is 20.4 Å². The van der Waals surface area contributed by atoms with E-state index < -0.39 is 24.1 Å². The SMILES string of the molecule is CC1(C)O[C@H](C[C@H](O)C[C@@H](O)C[C@@H](CCO)OCOCc2ccccc2)C[C@H](C[C@@H](CCO)OCOCc2ccccc2)O1. The molecular formula is C34H52O10. The number of aliphatic hydroxyl groups excluding tert-OH is 4. The van der Waals surface area contributed by atoms with Gasteiger partial charge in [0.15, 0.2) is 5.79 Å². The van der Waals surface area contributed by atoms with E-state index in [1.807, 2.05) is 74.5 Å². The fourth-order valence-corrected chi connectivity index (χ4v) is 5.50. The van der Waals surface area contributed by atoms with Crippen molar-refractivity contribution in [3.05, 3.63) is 71.8 Å². The van der Waals surface area contributed by atoms with Gasteiger partial charge in [-0.1, -0.05) is 60.7 Å². The maximum Gasteiger partial charge on any atom is 0.163 e.